The lowest BCUT2D eigenvalue weighted by Crippen LogP contribution is -2.54. The first-order valence-electron chi connectivity index (χ1n) is 11.5. The Hall–Kier alpha value is -3.87. The minimum Gasteiger partial charge on any atom is -0.292 e. The Balaban J connectivity index is 1.66. The number of hydrazone groups is 2. The number of ketones is 1. The molecule has 4 aromatic carbocycles. The quantitative estimate of drug-likeness (QED) is 0.301. The Morgan fingerprint density at radius 1 is 0.750 bits per heavy atom. The van der Waals surface area contributed by atoms with Crippen molar-refractivity contribution >= 4 is 51.3 Å². The van der Waals surface area contributed by atoms with Crippen molar-refractivity contribution in [1.82, 2.24) is 0 Å². The molecule has 4 aromatic rings. The molecule has 176 valence electrons. The molecule has 0 radical (unpaired) electrons. The highest BCUT2D eigenvalue weighted by Crippen LogP contribution is 2.55. The lowest BCUT2D eigenvalue weighted by molar-refractivity contribution is -0.110. The zero-order valence-corrected chi connectivity index (χ0v) is 20.9. The number of para-hydroxylation sites is 1. The summed E-state index contributed by atoms with van der Waals surface area (Å²) in [7, 11) is 0. The largest absolute Gasteiger partial charge is 0.292 e. The summed E-state index contributed by atoms with van der Waals surface area (Å²) in [5.41, 5.74) is 5.53. The van der Waals surface area contributed by atoms with Crippen LogP contribution in [0.4, 0.5) is 11.4 Å². The van der Waals surface area contributed by atoms with E-state index >= 15 is 0 Å². The van der Waals surface area contributed by atoms with Gasteiger partial charge >= 0.3 is 0 Å². The summed E-state index contributed by atoms with van der Waals surface area (Å²) < 4.78 is 0. The van der Waals surface area contributed by atoms with Gasteiger partial charge in [0.05, 0.1) is 17.1 Å². The van der Waals surface area contributed by atoms with E-state index in [1.165, 1.54) is 11.8 Å². The van der Waals surface area contributed by atoms with Crippen molar-refractivity contribution in [3.8, 4) is 0 Å². The Kier molecular flexibility index (Phi) is 5.63. The van der Waals surface area contributed by atoms with Gasteiger partial charge < -0.3 is 0 Å². The molecule has 0 bridgehead atoms. The second kappa shape index (κ2) is 8.97. The molecular formula is C29H21ClN4OS. The van der Waals surface area contributed by atoms with Gasteiger partial charge in [-0.1, -0.05) is 84.4 Å². The molecule has 0 aromatic heterocycles. The first kappa shape index (κ1) is 22.6. The van der Waals surface area contributed by atoms with Crippen LogP contribution in [-0.4, -0.2) is 16.5 Å². The predicted octanol–water partition coefficient (Wildman–Crippen LogP) is 6.88. The fraction of sp³-hybridized carbons (Fsp3) is 0.0690. The van der Waals surface area contributed by atoms with Gasteiger partial charge in [-0.2, -0.15) is 10.2 Å². The van der Waals surface area contributed by atoms with Gasteiger partial charge in [0.1, 0.15) is 0 Å². The lowest BCUT2D eigenvalue weighted by atomic mass is 9.93. The Morgan fingerprint density at radius 3 is 2.03 bits per heavy atom. The van der Waals surface area contributed by atoms with Gasteiger partial charge in [-0.3, -0.25) is 4.79 Å². The highest BCUT2D eigenvalue weighted by atomic mass is 35.5. The number of benzene rings is 4. The number of carbonyl (C=O) groups is 1. The molecule has 1 unspecified atom stereocenters. The van der Waals surface area contributed by atoms with E-state index in [1.54, 1.807) is 6.92 Å². The summed E-state index contributed by atoms with van der Waals surface area (Å²) in [5, 5.41) is 15.0. The monoisotopic (exact) mass is 508 g/mol. The number of hydrogen-bond donors (Lipinski definition) is 0. The van der Waals surface area contributed by atoms with Crippen molar-refractivity contribution < 1.29 is 4.79 Å². The fourth-order valence-corrected chi connectivity index (χ4v) is 5.95. The molecule has 1 atom stereocenters. The maximum atomic E-state index is 12.7. The van der Waals surface area contributed by atoms with Crippen LogP contribution in [-0.2, 0) is 9.79 Å². The van der Waals surface area contributed by atoms with E-state index in [9.17, 15) is 4.79 Å². The molecule has 7 heteroatoms. The highest BCUT2D eigenvalue weighted by Gasteiger charge is 2.55. The van der Waals surface area contributed by atoms with Crippen LogP contribution in [0.3, 0.4) is 0 Å². The van der Waals surface area contributed by atoms with E-state index in [0.29, 0.717) is 10.1 Å². The van der Waals surface area contributed by atoms with Crippen molar-refractivity contribution in [3.05, 3.63) is 131 Å². The molecule has 0 saturated carbocycles. The van der Waals surface area contributed by atoms with Crippen LogP contribution in [0.5, 0.6) is 0 Å². The molecular weight excluding hydrogens is 488 g/mol. The number of fused-ring (bicyclic) bond motifs is 2. The van der Waals surface area contributed by atoms with Gasteiger partial charge in [0.25, 0.3) is 0 Å². The third-order valence-electron chi connectivity index (χ3n) is 6.16. The number of Topliss-reactive ketones (excluding diaryl/α,β-unsaturated/α-hetero) is 1. The summed E-state index contributed by atoms with van der Waals surface area (Å²) in [6.45, 7) is 1.55. The van der Waals surface area contributed by atoms with Crippen molar-refractivity contribution in [2.24, 2.45) is 10.2 Å². The van der Waals surface area contributed by atoms with Gasteiger partial charge in [0.2, 0.25) is 4.99 Å². The van der Waals surface area contributed by atoms with Crippen LogP contribution in [0.15, 0.2) is 119 Å². The molecule has 2 aliphatic heterocycles. The zero-order valence-electron chi connectivity index (χ0n) is 19.4. The average molecular weight is 509 g/mol. The summed E-state index contributed by atoms with van der Waals surface area (Å²) in [6, 6.07) is 35.8. The number of nitrogens with zero attached hydrogens (tertiary/aromatic N) is 4. The third-order valence-corrected chi connectivity index (χ3v) is 7.82. The predicted molar refractivity (Wildman–Crippen MR) is 149 cm³/mol. The van der Waals surface area contributed by atoms with Gasteiger partial charge in [0, 0.05) is 28.6 Å². The van der Waals surface area contributed by atoms with Crippen molar-refractivity contribution in [1.29, 1.82) is 0 Å². The third kappa shape index (κ3) is 3.61. The number of anilines is 2. The minimum absolute atomic E-state index is 0.0980. The smallest absolute Gasteiger partial charge is 0.234 e. The van der Waals surface area contributed by atoms with E-state index in [4.69, 9.17) is 21.8 Å². The maximum Gasteiger partial charge on any atom is 0.234 e. The minimum atomic E-state index is -0.967. The summed E-state index contributed by atoms with van der Waals surface area (Å²) >= 11 is 7.63. The SMILES string of the molecule is CC(=O)C1=NN(c2ccc(Cl)cc2)C2(S1)c1ccccc1C(c1ccccc1)=NN2c1ccccc1. The van der Waals surface area contributed by atoms with Crippen LogP contribution in [0.2, 0.25) is 5.02 Å². The van der Waals surface area contributed by atoms with Crippen LogP contribution in [0.1, 0.15) is 23.6 Å². The van der Waals surface area contributed by atoms with Crippen LogP contribution in [0, 0.1) is 0 Å². The number of carbonyl (C=O) groups excluding carboxylic acids is 1. The normalized spacial score (nSPS) is 18.6. The summed E-state index contributed by atoms with van der Waals surface area (Å²) in [4.78, 5) is 11.7. The topological polar surface area (TPSA) is 48.3 Å². The summed E-state index contributed by atoms with van der Waals surface area (Å²) in [6.07, 6.45) is 0. The number of hydrogen-bond acceptors (Lipinski definition) is 6. The molecule has 0 amide bonds. The molecule has 0 saturated heterocycles. The Labute approximate surface area is 218 Å². The number of thioether (sulfide) groups is 1. The Bertz CT molecular complexity index is 1510. The molecule has 2 aliphatic rings. The van der Waals surface area contributed by atoms with E-state index in [2.05, 4.69) is 24.3 Å². The van der Waals surface area contributed by atoms with Gasteiger partial charge in [-0.05, 0) is 48.2 Å². The number of halogens is 1. The average Bonchev–Trinajstić information content (AvgIpc) is 3.32. The highest BCUT2D eigenvalue weighted by molar-refractivity contribution is 8.17. The molecule has 1 spiro atoms. The Morgan fingerprint density at radius 2 is 1.33 bits per heavy atom. The van der Waals surface area contributed by atoms with Crippen LogP contribution in [0.25, 0.3) is 0 Å². The van der Waals surface area contributed by atoms with E-state index in [1.807, 2.05) is 94.9 Å². The molecule has 2 heterocycles. The van der Waals surface area contributed by atoms with Gasteiger partial charge in [0.15, 0.2) is 10.8 Å². The number of rotatable bonds is 4. The maximum absolute atomic E-state index is 12.7. The molecule has 0 N–H and O–H groups in total. The second-order valence-corrected chi connectivity index (χ2v) is 10.1. The summed E-state index contributed by atoms with van der Waals surface area (Å²) in [5.74, 6) is -0.0980. The fourth-order valence-electron chi connectivity index (χ4n) is 4.54. The molecule has 5 nitrogen and oxygen atoms in total. The first-order chi connectivity index (χ1) is 17.6. The van der Waals surface area contributed by atoms with Crippen molar-refractivity contribution in [2.45, 2.75) is 11.9 Å². The van der Waals surface area contributed by atoms with E-state index < -0.39 is 4.99 Å². The second-order valence-electron chi connectivity index (χ2n) is 8.47. The van der Waals surface area contributed by atoms with Gasteiger partial charge in [-0.25, -0.2) is 10.0 Å². The van der Waals surface area contributed by atoms with Crippen LogP contribution < -0.4 is 10.0 Å². The van der Waals surface area contributed by atoms with Crippen molar-refractivity contribution in [2.75, 3.05) is 10.0 Å². The molecule has 6 rings (SSSR count). The van der Waals surface area contributed by atoms with E-state index in [-0.39, 0.29) is 5.78 Å². The van der Waals surface area contributed by atoms with Gasteiger partial charge in [-0.15, -0.1) is 0 Å². The molecule has 0 aliphatic carbocycles. The molecule has 0 fully saturated rings. The van der Waals surface area contributed by atoms with Crippen molar-refractivity contribution in [3.63, 3.8) is 0 Å². The van der Waals surface area contributed by atoms with Crippen LogP contribution >= 0.6 is 23.4 Å². The molecule has 36 heavy (non-hydrogen) atoms. The lowest BCUT2D eigenvalue weighted by Gasteiger charge is -2.47. The van der Waals surface area contributed by atoms with E-state index in [0.717, 1.165) is 33.8 Å². The zero-order chi connectivity index (χ0) is 24.7. The first-order valence-corrected chi connectivity index (χ1v) is 12.7. The standard InChI is InChI=1S/C29H21ClN4OS/c1-20(35)28-32-34(24-18-16-22(30)17-19-24)29(36-28)26-15-9-8-14-25(26)27(21-10-4-2-5-11-21)31-33(29)23-12-6-3-7-13-23/h2-19H,1H3.